The van der Waals surface area contributed by atoms with E-state index in [9.17, 15) is 9.59 Å². The van der Waals surface area contributed by atoms with Gasteiger partial charge in [0.25, 0.3) is 5.91 Å². The minimum atomic E-state index is -0.150. The standard InChI is InChI=1S/C22H26N2O2/c1-22(2)14-12-19(17-10-6-7-11-18(17)22)24-20(25)13-15-23-21(26)16-8-4-3-5-9-16/h3-11,19H,12-15H2,1-2H3,(H,23,26)(H,24,25). The summed E-state index contributed by atoms with van der Waals surface area (Å²) in [6.07, 6.45) is 2.26. The predicted octanol–water partition coefficient (Wildman–Crippen LogP) is 3.74. The molecule has 4 heteroatoms. The molecule has 2 aromatic carbocycles. The largest absolute Gasteiger partial charge is 0.352 e. The lowest BCUT2D eigenvalue weighted by Gasteiger charge is -2.37. The van der Waals surface area contributed by atoms with Gasteiger partial charge in [0.2, 0.25) is 5.91 Å². The molecule has 1 aliphatic carbocycles. The molecule has 0 radical (unpaired) electrons. The summed E-state index contributed by atoms with van der Waals surface area (Å²) in [5, 5.41) is 5.94. The molecule has 1 aliphatic rings. The van der Waals surface area contributed by atoms with Crippen LogP contribution in [0.3, 0.4) is 0 Å². The zero-order chi connectivity index (χ0) is 18.6. The second-order valence-electron chi connectivity index (χ2n) is 7.50. The maximum atomic E-state index is 12.3. The van der Waals surface area contributed by atoms with Gasteiger partial charge in [0.15, 0.2) is 0 Å². The summed E-state index contributed by atoms with van der Waals surface area (Å²) in [6, 6.07) is 17.4. The smallest absolute Gasteiger partial charge is 0.251 e. The van der Waals surface area contributed by atoms with Crippen LogP contribution in [0, 0.1) is 0 Å². The summed E-state index contributed by atoms with van der Waals surface area (Å²) in [6.45, 7) is 4.84. The number of hydrogen-bond acceptors (Lipinski definition) is 2. The Bertz CT molecular complexity index is 784. The third-order valence-electron chi connectivity index (χ3n) is 5.13. The van der Waals surface area contributed by atoms with Crippen molar-refractivity contribution in [2.24, 2.45) is 0 Å². The van der Waals surface area contributed by atoms with E-state index >= 15 is 0 Å². The summed E-state index contributed by atoms with van der Waals surface area (Å²) in [5.41, 5.74) is 3.28. The molecule has 3 rings (SSSR count). The third kappa shape index (κ3) is 4.13. The zero-order valence-corrected chi connectivity index (χ0v) is 15.4. The molecule has 1 atom stereocenters. The van der Waals surface area contributed by atoms with Crippen molar-refractivity contribution in [1.29, 1.82) is 0 Å². The second kappa shape index (κ2) is 7.73. The maximum absolute atomic E-state index is 12.3. The van der Waals surface area contributed by atoms with Crippen molar-refractivity contribution in [1.82, 2.24) is 10.6 Å². The van der Waals surface area contributed by atoms with Gasteiger partial charge in [-0.05, 0) is 41.5 Å². The lowest BCUT2D eigenvalue weighted by atomic mass is 9.71. The Morgan fingerprint density at radius 3 is 2.50 bits per heavy atom. The monoisotopic (exact) mass is 350 g/mol. The molecule has 0 heterocycles. The van der Waals surface area contributed by atoms with Crippen LogP contribution >= 0.6 is 0 Å². The van der Waals surface area contributed by atoms with E-state index in [4.69, 9.17) is 0 Å². The Kier molecular flexibility index (Phi) is 5.40. The highest BCUT2D eigenvalue weighted by atomic mass is 16.2. The van der Waals surface area contributed by atoms with Crippen LogP contribution in [0.2, 0.25) is 0 Å². The van der Waals surface area contributed by atoms with Gasteiger partial charge >= 0.3 is 0 Å². The molecule has 0 spiro atoms. The summed E-state index contributed by atoms with van der Waals surface area (Å²) in [4.78, 5) is 24.3. The number of carbonyl (C=O) groups is 2. The van der Waals surface area contributed by atoms with Crippen LogP contribution in [0.25, 0.3) is 0 Å². The first-order chi connectivity index (χ1) is 12.5. The average molecular weight is 350 g/mol. The van der Waals surface area contributed by atoms with Crippen molar-refractivity contribution in [3.63, 3.8) is 0 Å². The number of fused-ring (bicyclic) bond motifs is 1. The summed E-state index contributed by atoms with van der Waals surface area (Å²) < 4.78 is 0. The molecule has 0 saturated carbocycles. The highest BCUT2D eigenvalue weighted by Crippen LogP contribution is 2.41. The van der Waals surface area contributed by atoms with Crippen molar-refractivity contribution in [2.45, 2.75) is 44.6 Å². The van der Waals surface area contributed by atoms with Crippen LogP contribution in [-0.4, -0.2) is 18.4 Å². The Labute approximate surface area is 155 Å². The molecule has 2 amide bonds. The average Bonchev–Trinajstić information content (AvgIpc) is 2.65. The van der Waals surface area contributed by atoms with Gasteiger partial charge in [-0.25, -0.2) is 0 Å². The van der Waals surface area contributed by atoms with Gasteiger partial charge < -0.3 is 10.6 Å². The van der Waals surface area contributed by atoms with E-state index in [2.05, 4.69) is 42.7 Å². The first kappa shape index (κ1) is 18.2. The first-order valence-electron chi connectivity index (χ1n) is 9.19. The third-order valence-corrected chi connectivity index (χ3v) is 5.13. The van der Waals surface area contributed by atoms with Crippen molar-refractivity contribution in [3.05, 3.63) is 71.3 Å². The topological polar surface area (TPSA) is 58.2 Å². The molecule has 136 valence electrons. The molecule has 2 N–H and O–H groups in total. The van der Waals surface area contributed by atoms with Crippen LogP contribution in [0.1, 0.15) is 60.6 Å². The highest BCUT2D eigenvalue weighted by Gasteiger charge is 2.32. The first-order valence-corrected chi connectivity index (χ1v) is 9.19. The normalized spacial score (nSPS) is 17.8. The lowest BCUT2D eigenvalue weighted by Crippen LogP contribution is -2.37. The fraction of sp³-hybridized carbons (Fsp3) is 0.364. The second-order valence-corrected chi connectivity index (χ2v) is 7.50. The SMILES string of the molecule is CC1(C)CCC(NC(=O)CCNC(=O)c2ccccc2)c2ccccc21. The fourth-order valence-corrected chi connectivity index (χ4v) is 3.61. The minimum Gasteiger partial charge on any atom is -0.352 e. The van der Waals surface area contributed by atoms with E-state index in [-0.39, 0.29) is 29.7 Å². The van der Waals surface area contributed by atoms with Crippen molar-refractivity contribution >= 4 is 11.8 Å². The number of hydrogen-bond donors (Lipinski definition) is 2. The Morgan fingerprint density at radius 1 is 1.04 bits per heavy atom. The van der Waals surface area contributed by atoms with Gasteiger partial charge in [0.1, 0.15) is 0 Å². The van der Waals surface area contributed by atoms with Crippen LogP contribution in [0.15, 0.2) is 54.6 Å². The van der Waals surface area contributed by atoms with Crippen LogP contribution in [0.5, 0.6) is 0 Å². The molecule has 0 fully saturated rings. The lowest BCUT2D eigenvalue weighted by molar-refractivity contribution is -0.121. The van der Waals surface area contributed by atoms with Crippen molar-refractivity contribution in [3.8, 4) is 0 Å². The van der Waals surface area contributed by atoms with Crippen molar-refractivity contribution in [2.75, 3.05) is 6.54 Å². The summed E-state index contributed by atoms with van der Waals surface area (Å²) in [7, 11) is 0. The highest BCUT2D eigenvalue weighted by molar-refractivity contribution is 5.94. The summed E-state index contributed by atoms with van der Waals surface area (Å²) in [5.74, 6) is -0.180. The van der Waals surface area contributed by atoms with Crippen LogP contribution in [0.4, 0.5) is 0 Å². The molecule has 0 bridgehead atoms. The van der Waals surface area contributed by atoms with E-state index in [1.165, 1.54) is 11.1 Å². The number of rotatable bonds is 5. The van der Waals surface area contributed by atoms with Crippen molar-refractivity contribution < 1.29 is 9.59 Å². The van der Waals surface area contributed by atoms with E-state index in [1.807, 2.05) is 24.3 Å². The number of carbonyl (C=O) groups excluding carboxylic acids is 2. The van der Waals surface area contributed by atoms with E-state index in [0.29, 0.717) is 12.1 Å². The van der Waals surface area contributed by atoms with Crippen LogP contribution in [-0.2, 0) is 10.2 Å². The predicted molar refractivity (Wildman–Crippen MR) is 103 cm³/mol. The van der Waals surface area contributed by atoms with E-state index in [0.717, 1.165) is 12.8 Å². The maximum Gasteiger partial charge on any atom is 0.251 e. The molecule has 0 aromatic heterocycles. The molecule has 2 aromatic rings. The number of amides is 2. The molecule has 0 saturated heterocycles. The van der Waals surface area contributed by atoms with Gasteiger partial charge in [-0.15, -0.1) is 0 Å². The van der Waals surface area contributed by atoms with E-state index in [1.54, 1.807) is 12.1 Å². The number of benzene rings is 2. The Balaban J connectivity index is 1.53. The fourth-order valence-electron chi connectivity index (χ4n) is 3.61. The molecular weight excluding hydrogens is 324 g/mol. The van der Waals surface area contributed by atoms with Gasteiger partial charge in [-0.3, -0.25) is 9.59 Å². The Morgan fingerprint density at radius 2 is 1.73 bits per heavy atom. The molecular formula is C22H26N2O2. The van der Waals surface area contributed by atoms with Gasteiger partial charge in [0, 0.05) is 18.5 Å². The Hall–Kier alpha value is -2.62. The van der Waals surface area contributed by atoms with Crippen LogP contribution < -0.4 is 10.6 Å². The molecule has 0 aliphatic heterocycles. The van der Waals surface area contributed by atoms with E-state index < -0.39 is 0 Å². The quantitative estimate of drug-likeness (QED) is 0.863. The molecule has 4 nitrogen and oxygen atoms in total. The number of nitrogens with one attached hydrogen (secondary N) is 2. The molecule has 26 heavy (non-hydrogen) atoms. The molecule has 1 unspecified atom stereocenters. The zero-order valence-electron chi connectivity index (χ0n) is 15.4. The van der Waals surface area contributed by atoms with Gasteiger partial charge in [-0.2, -0.15) is 0 Å². The summed E-state index contributed by atoms with van der Waals surface area (Å²) >= 11 is 0. The minimum absolute atomic E-state index is 0.0297. The van der Waals surface area contributed by atoms with Gasteiger partial charge in [-0.1, -0.05) is 56.3 Å². The van der Waals surface area contributed by atoms with Gasteiger partial charge in [0.05, 0.1) is 6.04 Å².